The molecule has 0 aromatic rings. The van der Waals surface area contributed by atoms with E-state index in [1.54, 1.807) is 0 Å². The monoisotopic (exact) mass is 1050 g/mol. The molecule has 430 valence electrons. The quantitative estimate of drug-likeness (QED) is 0.0211. The highest BCUT2D eigenvalue weighted by Gasteiger charge is 2.25. The Kier molecular flexibility index (Phi) is 53.6. The molecule has 0 aromatic heterocycles. The number of esters is 2. The zero-order chi connectivity index (χ0) is 54.8. The van der Waals surface area contributed by atoms with E-state index < -0.39 is 24.3 Å². The average Bonchev–Trinajstić information content (AvgIpc) is 3.38. The molecule has 9 heteroatoms. The van der Waals surface area contributed by atoms with Crippen LogP contribution in [-0.2, 0) is 33.3 Å². The minimum absolute atomic E-state index is 0.179. The Labute approximate surface area is 461 Å². The predicted molar refractivity (Wildman–Crippen MR) is 318 cm³/mol. The maximum absolute atomic E-state index is 12.9. The van der Waals surface area contributed by atoms with E-state index in [4.69, 9.17) is 18.9 Å². The van der Waals surface area contributed by atoms with Crippen LogP contribution >= 0.6 is 0 Å². The molecule has 0 radical (unpaired) electrons. The Balaban J connectivity index is 4.23. The van der Waals surface area contributed by atoms with Crippen LogP contribution in [0.15, 0.2) is 97.2 Å². The smallest absolute Gasteiger partial charge is 0.361 e. The molecule has 0 aliphatic carbocycles. The van der Waals surface area contributed by atoms with Gasteiger partial charge in [0.1, 0.15) is 13.2 Å². The molecule has 75 heavy (non-hydrogen) atoms. The van der Waals surface area contributed by atoms with E-state index in [0.717, 1.165) is 96.3 Å². The van der Waals surface area contributed by atoms with E-state index in [1.165, 1.54) is 116 Å². The summed E-state index contributed by atoms with van der Waals surface area (Å²) in [5, 5.41) is 9.71. The fourth-order valence-electron chi connectivity index (χ4n) is 8.16. The summed E-state index contributed by atoms with van der Waals surface area (Å²) >= 11 is 0. The first-order valence-corrected chi connectivity index (χ1v) is 30.4. The van der Waals surface area contributed by atoms with Crippen molar-refractivity contribution < 1.29 is 42.9 Å². The third-order valence-corrected chi connectivity index (χ3v) is 12.8. The third-order valence-electron chi connectivity index (χ3n) is 12.8. The van der Waals surface area contributed by atoms with Gasteiger partial charge in [-0.3, -0.25) is 9.59 Å². The lowest BCUT2D eigenvalue weighted by molar-refractivity contribution is -0.870. The highest BCUT2D eigenvalue weighted by Crippen LogP contribution is 2.16. The molecule has 0 amide bonds. The molecule has 0 saturated carbocycles. The van der Waals surface area contributed by atoms with Gasteiger partial charge < -0.3 is 28.5 Å². The summed E-state index contributed by atoms with van der Waals surface area (Å²) in [6.45, 7) is 4.73. The zero-order valence-electron chi connectivity index (χ0n) is 48.9. The molecule has 0 fully saturated rings. The summed E-state index contributed by atoms with van der Waals surface area (Å²) in [5.41, 5.74) is 0. The number of hydrogen-bond donors (Lipinski definition) is 1. The van der Waals surface area contributed by atoms with Crippen LogP contribution in [0, 0.1) is 0 Å². The molecule has 0 aliphatic rings. The number of aliphatic carboxylic acids is 1. The summed E-state index contributed by atoms with van der Waals surface area (Å²) in [4.78, 5) is 37.5. The molecule has 0 bridgehead atoms. The molecule has 2 atom stereocenters. The van der Waals surface area contributed by atoms with Crippen LogP contribution in [0.1, 0.15) is 245 Å². The van der Waals surface area contributed by atoms with Gasteiger partial charge in [0.15, 0.2) is 6.10 Å². The Morgan fingerprint density at radius 2 is 0.760 bits per heavy atom. The summed E-state index contributed by atoms with van der Waals surface area (Å²) < 4.78 is 22.9. The van der Waals surface area contributed by atoms with Gasteiger partial charge in [-0.2, -0.15) is 0 Å². The van der Waals surface area contributed by atoms with Gasteiger partial charge in [0.05, 0.1) is 34.4 Å². The minimum Gasteiger partial charge on any atom is -0.477 e. The Morgan fingerprint density at radius 3 is 1.13 bits per heavy atom. The minimum atomic E-state index is -1.52. The van der Waals surface area contributed by atoms with E-state index in [2.05, 4.69) is 111 Å². The standard InChI is InChI=1S/C66H113NO8/c1-6-8-10-12-14-16-18-20-22-24-26-28-29-30-31-32-33-34-35-37-38-40-42-44-46-48-50-52-54-56-63(68)73-60-62(61-74-66(65(70)71)72-59-58-67(3,4)5)75-64(69)57-55-53-51-49-47-45-43-41-39-36-27-25-23-21-19-17-15-13-11-9-7-2/h9,11,15,17-18,20-21,23-24,26-27,29-30,36,41,43,62,66H,6-8,10,12-14,16,19,22,25,28,31-35,37-40,42,44-61H2,1-5H3/p+1/b11-9-,17-15-,20-18-,23-21-,26-24-,30-29-,36-27-,43-41-. The van der Waals surface area contributed by atoms with Gasteiger partial charge in [0.25, 0.3) is 6.29 Å². The van der Waals surface area contributed by atoms with Crippen molar-refractivity contribution in [2.45, 2.75) is 257 Å². The second-order valence-electron chi connectivity index (χ2n) is 21.3. The van der Waals surface area contributed by atoms with Crippen molar-refractivity contribution in [3.05, 3.63) is 97.2 Å². The number of likely N-dealkylation sites (N-methyl/N-ethyl adjacent to an activating group) is 1. The number of allylic oxidation sites excluding steroid dienone is 16. The van der Waals surface area contributed by atoms with Crippen LogP contribution in [0.25, 0.3) is 0 Å². The average molecular weight is 1050 g/mol. The van der Waals surface area contributed by atoms with Crippen LogP contribution in [0.5, 0.6) is 0 Å². The second-order valence-corrected chi connectivity index (χ2v) is 21.3. The maximum atomic E-state index is 12.9. The van der Waals surface area contributed by atoms with Crippen LogP contribution in [0.4, 0.5) is 0 Å². The number of carbonyl (C=O) groups is 3. The molecule has 9 nitrogen and oxygen atoms in total. The van der Waals surface area contributed by atoms with Crippen LogP contribution in [0.3, 0.4) is 0 Å². The molecule has 0 heterocycles. The third kappa shape index (κ3) is 57.7. The van der Waals surface area contributed by atoms with Gasteiger partial charge in [-0.25, -0.2) is 4.79 Å². The molecule has 0 spiro atoms. The van der Waals surface area contributed by atoms with E-state index >= 15 is 0 Å². The number of rotatable bonds is 55. The van der Waals surface area contributed by atoms with Gasteiger partial charge >= 0.3 is 17.9 Å². The van der Waals surface area contributed by atoms with Gasteiger partial charge in [-0.15, -0.1) is 0 Å². The van der Waals surface area contributed by atoms with Crippen LogP contribution in [0.2, 0.25) is 0 Å². The van der Waals surface area contributed by atoms with Gasteiger partial charge in [-0.05, 0) is 96.3 Å². The summed E-state index contributed by atoms with van der Waals surface area (Å²) in [5.74, 6) is -2.04. The van der Waals surface area contributed by atoms with Gasteiger partial charge in [-0.1, -0.05) is 233 Å². The second kappa shape index (κ2) is 56.4. The number of carbonyl (C=O) groups excluding carboxylic acids is 2. The number of carboxylic acids is 1. The number of carboxylic acid groups (broad SMARTS) is 1. The molecule has 0 aromatic carbocycles. The number of ether oxygens (including phenoxy) is 4. The molecule has 0 rings (SSSR count). The summed E-state index contributed by atoms with van der Waals surface area (Å²) in [6.07, 6.45) is 73.5. The van der Waals surface area contributed by atoms with Crippen molar-refractivity contribution in [2.24, 2.45) is 0 Å². The van der Waals surface area contributed by atoms with E-state index in [9.17, 15) is 19.5 Å². The molecule has 0 aliphatic heterocycles. The fraction of sp³-hybridized carbons (Fsp3) is 0.712. The molecular formula is C66H114NO8+. The van der Waals surface area contributed by atoms with Crippen molar-refractivity contribution in [1.82, 2.24) is 0 Å². The molecule has 1 N–H and O–H groups in total. The predicted octanol–water partition coefficient (Wildman–Crippen LogP) is 18.1. The first-order chi connectivity index (χ1) is 36.6. The number of quaternary nitrogens is 1. The molecule has 2 unspecified atom stereocenters. The van der Waals surface area contributed by atoms with Gasteiger partial charge in [0.2, 0.25) is 0 Å². The number of nitrogens with zero attached hydrogens (tertiary/aromatic N) is 1. The van der Waals surface area contributed by atoms with Crippen LogP contribution in [-0.4, -0.2) is 87.4 Å². The van der Waals surface area contributed by atoms with E-state index in [0.29, 0.717) is 23.9 Å². The van der Waals surface area contributed by atoms with Crippen molar-refractivity contribution in [3.63, 3.8) is 0 Å². The van der Waals surface area contributed by atoms with Gasteiger partial charge in [0, 0.05) is 12.8 Å². The highest BCUT2D eigenvalue weighted by molar-refractivity contribution is 5.71. The van der Waals surface area contributed by atoms with Crippen LogP contribution < -0.4 is 0 Å². The first kappa shape index (κ1) is 71.2. The van der Waals surface area contributed by atoms with Crippen molar-refractivity contribution in [1.29, 1.82) is 0 Å². The highest BCUT2D eigenvalue weighted by atomic mass is 16.7. The lowest BCUT2D eigenvalue weighted by Gasteiger charge is -2.25. The number of hydrogen-bond acceptors (Lipinski definition) is 7. The first-order valence-electron chi connectivity index (χ1n) is 30.4. The fourth-order valence-corrected chi connectivity index (χ4v) is 8.16. The maximum Gasteiger partial charge on any atom is 0.361 e. The Hall–Kier alpha value is -3.79. The normalized spacial score (nSPS) is 13.5. The molecular weight excluding hydrogens is 935 g/mol. The van der Waals surface area contributed by atoms with Crippen molar-refractivity contribution in [3.8, 4) is 0 Å². The van der Waals surface area contributed by atoms with Crippen molar-refractivity contribution in [2.75, 3.05) is 47.5 Å². The lowest BCUT2D eigenvalue weighted by atomic mass is 10.0. The SMILES string of the molecule is CC/C=C\C/C=C\C/C=C\C/C=C\C/C=C\CCCCCCCC(=O)OC(COC(=O)CCCCCCCCCCCCCCCC/C=C\C/C=C\C/C=C\CCCCCCC)COC(OCC[N+](C)(C)C)C(=O)O. The summed E-state index contributed by atoms with van der Waals surface area (Å²) in [6, 6.07) is 0. The molecule has 0 saturated heterocycles. The largest absolute Gasteiger partial charge is 0.477 e. The lowest BCUT2D eigenvalue weighted by Crippen LogP contribution is -2.40. The van der Waals surface area contributed by atoms with E-state index in [-0.39, 0.29) is 32.2 Å². The van der Waals surface area contributed by atoms with E-state index in [1.807, 2.05) is 21.1 Å². The zero-order valence-corrected chi connectivity index (χ0v) is 48.9. The topological polar surface area (TPSA) is 108 Å². The van der Waals surface area contributed by atoms with Crippen molar-refractivity contribution >= 4 is 17.9 Å². The Bertz CT molecular complexity index is 1550. The summed E-state index contributed by atoms with van der Waals surface area (Å²) in [7, 11) is 5.96. The Morgan fingerprint density at radius 1 is 0.413 bits per heavy atom. The number of unbranched alkanes of at least 4 members (excludes halogenated alkanes) is 24.